The molecule has 0 atom stereocenters. The topological polar surface area (TPSA) is 110 Å². The maximum atomic E-state index is 13.3. The number of carbonyl (C=O) groups is 2. The van der Waals surface area contributed by atoms with E-state index < -0.39 is 38.6 Å². The van der Waals surface area contributed by atoms with Gasteiger partial charge in [-0.15, -0.1) is 0 Å². The monoisotopic (exact) mass is 421 g/mol. The Hall–Kier alpha value is -3.37. The smallest absolute Gasteiger partial charge is 0.429 e. The van der Waals surface area contributed by atoms with E-state index >= 15 is 0 Å². The third-order valence-electron chi connectivity index (χ3n) is 3.79. The summed E-state index contributed by atoms with van der Waals surface area (Å²) in [6, 6.07) is 16.7. The summed E-state index contributed by atoms with van der Waals surface area (Å²) in [6.07, 6.45) is 0. The average molecular weight is 421 g/mol. The van der Waals surface area contributed by atoms with E-state index in [-0.39, 0.29) is 5.75 Å². The zero-order chi connectivity index (χ0) is 21.2. The zero-order valence-electron chi connectivity index (χ0n) is 14.4. The van der Waals surface area contributed by atoms with Crippen molar-refractivity contribution in [3.63, 3.8) is 0 Å². The summed E-state index contributed by atoms with van der Waals surface area (Å²) < 4.78 is 67.8. The van der Waals surface area contributed by atoms with E-state index in [0.717, 1.165) is 22.9 Å². The average Bonchev–Trinajstić information content (AvgIpc) is 2.67. The van der Waals surface area contributed by atoms with E-state index in [0.29, 0.717) is 0 Å². The molecule has 0 saturated carbocycles. The summed E-state index contributed by atoms with van der Waals surface area (Å²) in [5.74, 6) is -4.22. The molecule has 29 heavy (non-hydrogen) atoms. The van der Waals surface area contributed by atoms with Crippen molar-refractivity contribution >= 4 is 32.8 Å². The lowest BCUT2D eigenvalue weighted by molar-refractivity contribution is -0.151. The summed E-state index contributed by atoms with van der Waals surface area (Å²) in [6.45, 7) is 0. The SMILES string of the molecule is O=C(Oc1ccc2ccccc2c1)c1ccccc1OC(=O)C(F)(F)S(=O)(=O)[O-]. The molecule has 0 radical (unpaired) electrons. The first-order valence-corrected chi connectivity index (χ1v) is 9.36. The quantitative estimate of drug-likeness (QED) is 0.354. The van der Waals surface area contributed by atoms with Gasteiger partial charge in [0.2, 0.25) is 0 Å². The number of ether oxygens (including phenoxy) is 2. The molecule has 0 N–H and O–H groups in total. The van der Waals surface area contributed by atoms with Gasteiger partial charge in [0.15, 0.2) is 10.1 Å². The molecule has 0 amide bonds. The molecule has 7 nitrogen and oxygen atoms in total. The van der Waals surface area contributed by atoms with Gasteiger partial charge in [0.1, 0.15) is 17.1 Å². The van der Waals surface area contributed by atoms with Gasteiger partial charge in [-0.2, -0.15) is 8.78 Å². The minimum Gasteiger partial charge on any atom is -0.743 e. The lowest BCUT2D eigenvalue weighted by atomic mass is 10.1. The Morgan fingerprint density at radius 3 is 2.17 bits per heavy atom. The maximum Gasteiger partial charge on any atom is 0.429 e. The van der Waals surface area contributed by atoms with Crippen LogP contribution in [0.5, 0.6) is 11.5 Å². The molecule has 0 fully saturated rings. The molecule has 0 aliphatic rings. The number of halogens is 2. The second-order valence-electron chi connectivity index (χ2n) is 5.76. The van der Waals surface area contributed by atoms with Crippen LogP contribution < -0.4 is 9.47 Å². The van der Waals surface area contributed by atoms with Gasteiger partial charge in [-0.3, -0.25) is 0 Å². The molecule has 150 valence electrons. The molecule has 0 heterocycles. The van der Waals surface area contributed by atoms with Crippen LogP contribution in [0.15, 0.2) is 66.7 Å². The summed E-state index contributed by atoms with van der Waals surface area (Å²) in [7, 11) is -6.30. The molecule has 0 saturated heterocycles. The molecule has 0 spiro atoms. The predicted octanol–water partition coefficient (Wildman–Crippen LogP) is 3.10. The Bertz CT molecular complexity index is 1210. The number of benzene rings is 3. The second-order valence-corrected chi connectivity index (χ2v) is 7.18. The largest absolute Gasteiger partial charge is 0.743 e. The van der Waals surface area contributed by atoms with E-state index in [1.165, 1.54) is 18.2 Å². The first-order chi connectivity index (χ1) is 13.6. The fraction of sp³-hybridized carbons (Fsp3) is 0.0526. The minimum absolute atomic E-state index is 0.141. The summed E-state index contributed by atoms with van der Waals surface area (Å²) >= 11 is 0. The van der Waals surface area contributed by atoms with Gasteiger partial charge in [0.05, 0.1) is 0 Å². The number of hydrogen-bond acceptors (Lipinski definition) is 7. The third kappa shape index (κ3) is 4.23. The van der Waals surface area contributed by atoms with Gasteiger partial charge in [0, 0.05) is 0 Å². The van der Waals surface area contributed by atoms with E-state index in [1.54, 1.807) is 24.3 Å². The molecular weight excluding hydrogens is 410 g/mol. The Kier molecular flexibility index (Phi) is 5.31. The van der Waals surface area contributed by atoms with Crippen molar-refractivity contribution in [2.24, 2.45) is 0 Å². The Balaban J connectivity index is 1.85. The van der Waals surface area contributed by atoms with Crippen LogP contribution >= 0.6 is 0 Å². The first-order valence-electron chi connectivity index (χ1n) is 7.95. The Morgan fingerprint density at radius 2 is 1.48 bits per heavy atom. The van der Waals surface area contributed by atoms with Gasteiger partial charge in [-0.1, -0.05) is 42.5 Å². The van der Waals surface area contributed by atoms with E-state index in [4.69, 9.17) is 4.74 Å². The molecule has 0 bridgehead atoms. The number of para-hydroxylation sites is 1. The van der Waals surface area contributed by atoms with Crippen LogP contribution in [0.4, 0.5) is 8.78 Å². The highest BCUT2D eigenvalue weighted by Crippen LogP contribution is 2.27. The van der Waals surface area contributed by atoms with Crippen molar-refractivity contribution in [3.8, 4) is 11.5 Å². The van der Waals surface area contributed by atoms with Crippen molar-refractivity contribution in [2.75, 3.05) is 0 Å². The van der Waals surface area contributed by atoms with Gasteiger partial charge in [0.25, 0.3) is 0 Å². The number of hydrogen-bond donors (Lipinski definition) is 0. The van der Waals surface area contributed by atoms with Gasteiger partial charge >= 0.3 is 17.2 Å². The zero-order valence-corrected chi connectivity index (χ0v) is 15.2. The standard InChI is InChI=1S/C19H12F2O7S/c20-19(21,29(24,25)26)18(23)28-16-8-4-3-7-15(16)17(22)27-14-10-9-12-5-1-2-6-13(12)11-14/h1-11H,(H,24,25,26)/p-1. The Labute approximate surface area is 163 Å². The van der Waals surface area contributed by atoms with Crippen molar-refractivity contribution < 1.29 is 40.8 Å². The highest BCUT2D eigenvalue weighted by Gasteiger charge is 2.49. The highest BCUT2D eigenvalue weighted by atomic mass is 32.2. The Morgan fingerprint density at radius 1 is 0.862 bits per heavy atom. The molecule has 0 aliphatic carbocycles. The highest BCUT2D eigenvalue weighted by molar-refractivity contribution is 7.87. The molecule has 10 heteroatoms. The van der Waals surface area contributed by atoms with Crippen LogP contribution in [-0.4, -0.2) is 30.2 Å². The van der Waals surface area contributed by atoms with Crippen LogP contribution in [0.25, 0.3) is 10.8 Å². The maximum absolute atomic E-state index is 13.3. The van der Waals surface area contributed by atoms with Gasteiger partial charge in [-0.05, 0) is 35.0 Å². The predicted molar refractivity (Wildman–Crippen MR) is 95.6 cm³/mol. The van der Waals surface area contributed by atoms with Crippen molar-refractivity contribution in [2.45, 2.75) is 5.25 Å². The van der Waals surface area contributed by atoms with Crippen LogP contribution in [-0.2, 0) is 14.9 Å². The van der Waals surface area contributed by atoms with Crippen molar-refractivity contribution in [1.82, 2.24) is 0 Å². The van der Waals surface area contributed by atoms with Crippen LogP contribution in [0.1, 0.15) is 10.4 Å². The molecule has 3 rings (SSSR count). The van der Waals surface area contributed by atoms with Gasteiger partial charge in [-0.25, -0.2) is 18.0 Å². The van der Waals surface area contributed by atoms with Crippen molar-refractivity contribution in [1.29, 1.82) is 0 Å². The fourth-order valence-corrected chi connectivity index (χ4v) is 2.62. The fourth-order valence-electron chi connectivity index (χ4n) is 2.38. The van der Waals surface area contributed by atoms with E-state index in [2.05, 4.69) is 4.74 Å². The number of esters is 2. The summed E-state index contributed by atoms with van der Waals surface area (Å²) in [4.78, 5) is 23.9. The number of alkyl halides is 2. The summed E-state index contributed by atoms with van der Waals surface area (Å²) in [5.41, 5.74) is -0.423. The second kappa shape index (κ2) is 7.57. The van der Waals surface area contributed by atoms with Crippen LogP contribution in [0.3, 0.4) is 0 Å². The van der Waals surface area contributed by atoms with Crippen LogP contribution in [0, 0.1) is 0 Å². The van der Waals surface area contributed by atoms with Gasteiger partial charge < -0.3 is 14.0 Å². The van der Waals surface area contributed by atoms with Crippen LogP contribution in [0.2, 0.25) is 0 Å². The molecule has 3 aromatic rings. The minimum atomic E-state index is -6.30. The lowest BCUT2D eigenvalue weighted by Gasteiger charge is -2.18. The summed E-state index contributed by atoms with van der Waals surface area (Å²) in [5, 5.41) is -3.65. The van der Waals surface area contributed by atoms with Crippen molar-refractivity contribution in [3.05, 3.63) is 72.3 Å². The molecule has 0 aromatic heterocycles. The lowest BCUT2D eigenvalue weighted by Crippen LogP contribution is -2.40. The number of carbonyl (C=O) groups excluding carboxylic acids is 2. The molecule has 0 unspecified atom stereocenters. The third-order valence-corrected chi connectivity index (χ3v) is 4.59. The molecule has 0 aliphatic heterocycles. The molecular formula is C19H11F2O7S-. The first kappa shape index (κ1) is 20.4. The molecule has 3 aromatic carbocycles. The van der Waals surface area contributed by atoms with E-state index in [9.17, 15) is 31.3 Å². The van der Waals surface area contributed by atoms with E-state index in [1.807, 2.05) is 12.1 Å². The normalized spacial score (nSPS) is 11.8. The number of fused-ring (bicyclic) bond motifs is 1. The number of rotatable bonds is 5.